The van der Waals surface area contributed by atoms with Crippen LogP contribution in [0.4, 0.5) is 8.78 Å². The van der Waals surface area contributed by atoms with Gasteiger partial charge in [-0.05, 0) is 54.7 Å². The van der Waals surface area contributed by atoms with Crippen LogP contribution in [0.25, 0.3) is 0 Å². The van der Waals surface area contributed by atoms with Crippen molar-refractivity contribution in [2.45, 2.75) is 90.1 Å². The number of halogens is 3. The maximum Gasteiger partial charge on any atom is 0.335 e. The highest BCUT2D eigenvalue weighted by Gasteiger charge is 2.39. The van der Waals surface area contributed by atoms with E-state index in [0.717, 1.165) is 12.8 Å². The molecule has 0 heterocycles. The molecule has 1 aliphatic carbocycles. The molecule has 1 saturated carbocycles. The fraction of sp³-hybridized carbons (Fsp3) is 0.607. The molecule has 0 aromatic heterocycles. The molecular weight excluding hydrogens is 564 g/mol. The van der Waals surface area contributed by atoms with Gasteiger partial charge >= 0.3 is 11.9 Å². The first-order valence-corrected chi connectivity index (χ1v) is 14.0. The zero-order valence-electron chi connectivity index (χ0n) is 23.2. The molecule has 228 valence electrons. The zero-order chi connectivity index (χ0) is 30.7. The third-order valence-corrected chi connectivity index (χ3v) is 7.48. The van der Waals surface area contributed by atoms with E-state index in [0.29, 0.717) is 18.4 Å². The van der Waals surface area contributed by atoms with E-state index in [1.54, 1.807) is 0 Å². The number of carboxylic acid groups (broad SMARTS) is 2. The number of amides is 3. The zero-order valence-corrected chi connectivity index (χ0v) is 23.9. The number of aromatic carboxylic acids is 1. The fourth-order valence-electron chi connectivity index (χ4n) is 5.16. The van der Waals surface area contributed by atoms with Gasteiger partial charge < -0.3 is 26.2 Å². The minimum atomic E-state index is -2.90. The topological polar surface area (TPSA) is 162 Å². The van der Waals surface area contributed by atoms with Crippen LogP contribution in [0.3, 0.4) is 0 Å². The maximum atomic E-state index is 13.3. The van der Waals surface area contributed by atoms with Gasteiger partial charge in [0, 0.05) is 24.4 Å². The van der Waals surface area contributed by atoms with Crippen LogP contribution in [-0.2, 0) is 25.6 Å². The van der Waals surface area contributed by atoms with Crippen LogP contribution in [0.1, 0.15) is 81.1 Å². The van der Waals surface area contributed by atoms with Gasteiger partial charge in [-0.25, -0.2) is 13.6 Å². The Morgan fingerprint density at radius 3 is 2.12 bits per heavy atom. The molecule has 3 amide bonds. The third kappa shape index (κ3) is 11.3. The molecule has 1 aromatic rings. The summed E-state index contributed by atoms with van der Waals surface area (Å²) >= 11 is 6.10. The van der Waals surface area contributed by atoms with Crippen molar-refractivity contribution in [3.8, 4) is 0 Å². The van der Waals surface area contributed by atoms with Crippen LogP contribution in [0.5, 0.6) is 0 Å². The summed E-state index contributed by atoms with van der Waals surface area (Å²) in [7, 11) is 0. The molecule has 0 bridgehead atoms. The van der Waals surface area contributed by atoms with Gasteiger partial charge in [0.1, 0.15) is 12.1 Å². The predicted molar refractivity (Wildman–Crippen MR) is 147 cm³/mol. The number of hydrogen-bond donors (Lipinski definition) is 5. The normalized spacial score (nSPS) is 15.8. The molecule has 41 heavy (non-hydrogen) atoms. The third-order valence-electron chi connectivity index (χ3n) is 7.13. The van der Waals surface area contributed by atoms with Gasteiger partial charge in [-0.2, -0.15) is 0 Å². The van der Waals surface area contributed by atoms with Crippen LogP contribution in [0.15, 0.2) is 18.2 Å². The largest absolute Gasteiger partial charge is 0.481 e. The van der Waals surface area contributed by atoms with E-state index in [1.165, 1.54) is 18.2 Å². The fourth-order valence-corrected chi connectivity index (χ4v) is 5.43. The second kappa shape index (κ2) is 15.6. The number of aliphatic carboxylic acids is 1. The van der Waals surface area contributed by atoms with E-state index in [2.05, 4.69) is 16.0 Å². The summed E-state index contributed by atoms with van der Waals surface area (Å²) in [4.78, 5) is 61.2. The molecule has 10 nitrogen and oxygen atoms in total. The summed E-state index contributed by atoms with van der Waals surface area (Å²) < 4.78 is 26.6. The van der Waals surface area contributed by atoms with Crippen LogP contribution in [-0.4, -0.2) is 64.9 Å². The smallest absolute Gasteiger partial charge is 0.335 e. The quantitative estimate of drug-likeness (QED) is 0.192. The number of nitrogens with one attached hydrogen (secondary N) is 3. The molecule has 0 radical (unpaired) electrons. The van der Waals surface area contributed by atoms with Crippen molar-refractivity contribution in [1.82, 2.24) is 16.0 Å². The van der Waals surface area contributed by atoms with E-state index in [9.17, 15) is 37.9 Å². The maximum absolute atomic E-state index is 13.3. The molecule has 0 aliphatic heterocycles. The van der Waals surface area contributed by atoms with Gasteiger partial charge in [0.05, 0.1) is 12.0 Å². The summed E-state index contributed by atoms with van der Waals surface area (Å²) in [5, 5.41) is 26.0. The Morgan fingerprint density at radius 2 is 1.59 bits per heavy atom. The molecule has 1 aromatic carbocycles. The van der Waals surface area contributed by atoms with Crippen LogP contribution >= 0.6 is 11.6 Å². The van der Waals surface area contributed by atoms with E-state index in [4.69, 9.17) is 16.7 Å². The van der Waals surface area contributed by atoms with Crippen molar-refractivity contribution in [2.75, 3.05) is 6.54 Å². The lowest BCUT2D eigenvalue weighted by Gasteiger charge is -2.28. The molecule has 0 spiro atoms. The molecule has 1 aliphatic rings. The van der Waals surface area contributed by atoms with Crippen molar-refractivity contribution in [3.05, 3.63) is 34.3 Å². The number of carboxylic acids is 2. The van der Waals surface area contributed by atoms with Gasteiger partial charge in [-0.15, -0.1) is 0 Å². The van der Waals surface area contributed by atoms with Gasteiger partial charge in [0.25, 0.3) is 0 Å². The van der Waals surface area contributed by atoms with Crippen molar-refractivity contribution in [2.24, 2.45) is 11.3 Å². The Balaban J connectivity index is 2.05. The SMILES string of the molecule is CC(C)CC(NC(=O)CC1(CC(=O)O)CCCC1)C(=O)NC(CC(F)F)C(=O)NCCc1ccc(C(=O)O)cc1Cl. The van der Waals surface area contributed by atoms with Crippen LogP contribution in [0.2, 0.25) is 5.02 Å². The second-order valence-corrected chi connectivity index (χ2v) is 11.5. The van der Waals surface area contributed by atoms with Crippen molar-refractivity contribution in [1.29, 1.82) is 0 Å². The molecule has 2 rings (SSSR count). The number of carbonyl (C=O) groups excluding carboxylic acids is 3. The highest BCUT2D eigenvalue weighted by Crippen LogP contribution is 2.44. The van der Waals surface area contributed by atoms with Crippen molar-refractivity contribution in [3.63, 3.8) is 0 Å². The average molecular weight is 602 g/mol. The van der Waals surface area contributed by atoms with Gasteiger partial charge in [-0.3, -0.25) is 19.2 Å². The first-order chi connectivity index (χ1) is 19.2. The van der Waals surface area contributed by atoms with Crippen molar-refractivity contribution >= 4 is 41.3 Å². The summed E-state index contributed by atoms with van der Waals surface area (Å²) in [6.45, 7) is 3.61. The molecular formula is C28H38ClF2N3O7. The van der Waals surface area contributed by atoms with Gasteiger partial charge in [-0.1, -0.05) is 44.4 Å². The lowest BCUT2D eigenvalue weighted by atomic mass is 9.79. The molecule has 2 unspecified atom stereocenters. The number of rotatable bonds is 16. The van der Waals surface area contributed by atoms with E-state index in [1.807, 2.05) is 13.8 Å². The van der Waals surface area contributed by atoms with Crippen LogP contribution < -0.4 is 16.0 Å². The average Bonchev–Trinajstić information content (AvgIpc) is 3.30. The first kappa shape index (κ1) is 33.9. The summed E-state index contributed by atoms with van der Waals surface area (Å²) in [5.74, 6) is -4.37. The number of benzene rings is 1. The Morgan fingerprint density at radius 1 is 0.951 bits per heavy atom. The van der Waals surface area contributed by atoms with E-state index in [-0.39, 0.29) is 48.7 Å². The lowest BCUT2D eigenvalue weighted by molar-refractivity contribution is -0.140. The summed E-state index contributed by atoms with van der Waals surface area (Å²) in [5.41, 5.74) is -0.163. The second-order valence-electron chi connectivity index (χ2n) is 11.0. The highest BCUT2D eigenvalue weighted by atomic mass is 35.5. The monoisotopic (exact) mass is 601 g/mol. The molecule has 5 N–H and O–H groups in total. The first-order valence-electron chi connectivity index (χ1n) is 13.6. The summed E-state index contributed by atoms with van der Waals surface area (Å²) in [6.07, 6.45) is -0.942. The van der Waals surface area contributed by atoms with Crippen molar-refractivity contribution < 1.29 is 43.0 Å². The molecule has 2 atom stereocenters. The van der Waals surface area contributed by atoms with Gasteiger partial charge in [0.2, 0.25) is 24.1 Å². The van der Waals surface area contributed by atoms with E-state index < -0.39 is 60.0 Å². The molecule has 0 saturated heterocycles. The minimum absolute atomic E-state index is 0.00849. The number of alkyl halides is 2. The van der Waals surface area contributed by atoms with Crippen LogP contribution in [0, 0.1) is 11.3 Å². The summed E-state index contributed by atoms with van der Waals surface area (Å²) in [6, 6.07) is 1.42. The molecule has 1 fully saturated rings. The lowest BCUT2D eigenvalue weighted by Crippen LogP contribution is -2.55. The predicted octanol–water partition coefficient (Wildman–Crippen LogP) is 3.79. The number of hydrogen-bond acceptors (Lipinski definition) is 5. The van der Waals surface area contributed by atoms with Gasteiger partial charge in [0.15, 0.2) is 0 Å². The Labute approximate surface area is 242 Å². The number of carbonyl (C=O) groups is 5. The minimum Gasteiger partial charge on any atom is -0.481 e. The van der Waals surface area contributed by atoms with E-state index >= 15 is 0 Å². The standard InChI is InChI=1S/C28H38ClF2N3O7/c1-16(2)11-20(33-23(35)14-28(15-24(36)37)8-3-4-9-28)26(39)34-21(13-22(30)31)25(38)32-10-7-17-5-6-18(27(40)41)12-19(17)29/h5-6,12,16,20-22H,3-4,7-11,13-15H2,1-2H3,(H,32,38)(H,33,35)(H,34,39)(H,36,37)(H,40,41). The Bertz CT molecular complexity index is 1110. The molecule has 13 heteroatoms. The highest BCUT2D eigenvalue weighted by molar-refractivity contribution is 6.31. The Hall–Kier alpha value is -3.28. The Kier molecular flexibility index (Phi) is 12.9.